The van der Waals surface area contributed by atoms with E-state index in [0.717, 1.165) is 29.7 Å². The molecule has 224 valence electrons. The minimum absolute atomic E-state index is 0.0339. The topological polar surface area (TPSA) is 84.5 Å². The zero-order chi connectivity index (χ0) is 30.3. The monoisotopic (exact) mass is 587 g/mol. The molecule has 2 aromatic carbocycles. The van der Waals surface area contributed by atoms with Crippen molar-refractivity contribution >= 4 is 30.6 Å². The Labute approximate surface area is 251 Å². The molecule has 1 N–H and O–H groups in total. The van der Waals surface area contributed by atoms with Crippen LogP contribution in [0.15, 0.2) is 72.8 Å². The number of ketones is 1. The van der Waals surface area contributed by atoms with Crippen molar-refractivity contribution in [3.63, 3.8) is 0 Å². The summed E-state index contributed by atoms with van der Waals surface area (Å²) in [6, 6.07) is 21.0. The zero-order valence-electron chi connectivity index (χ0n) is 25.7. The number of nitrogens with one attached hydrogen (secondary N) is 1. The van der Waals surface area contributed by atoms with Crippen molar-refractivity contribution in [3.05, 3.63) is 89.8 Å². The average molecular weight is 588 g/mol. The van der Waals surface area contributed by atoms with Gasteiger partial charge in [-0.2, -0.15) is 5.10 Å². The van der Waals surface area contributed by atoms with Crippen molar-refractivity contribution in [1.29, 1.82) is 0 Å². The summed E-state index contributed by atoms with van der Waals surface area (Å²) in [5.74, 6) is -0.0621. The van der Waals surface area contributed by atoms with E-state index in [-0.39, 0.29) is 29.4 Å². The molecule has 42 heavy (non-hydrogen) atoms. The third-order valence-corrected chi connectivity index (χ3v) is 13.1. The maximum atomic E-state index is 13.4. The third-order valence-electron chi connectivity index (χ3n) is 8.15. The SMILES string of the molecule is C=C(CCC(=O)c1n[nH]c2c1CN(C(=O)OCCCC)C(C)C2)CO[Si](c1ccccc1)(c1ccccc1)C(C)(C)C. The number of amides is 1. The van der Waals surface area contributed by atoms with Crippen LogP contribution in [-0.4, -0.2) is 54.5 Å². The maximum absolute atomic E-state index is 13.4. The van der Waals surface area contributed by atoms with Gasteiger partial charge in [0.05, 0.1) is 19.8 Å². The number of Topliss-reactive ketones (excluding diaryl/α,β-unsaturated/α-hetero) is 1. The standard InChI is InChI=1S/C34H45N3O4Si/c1-7-8-21-40-33(39)37-23-29-30(22-26(37)3)35-36-32(29)31(38)20-19-25(2)24-41-42(34(4,5)6,27-15-11-9-12-16-27)28-17-13-10-14-18-28/h9-18,26H,2,7-8,19-24H2,1,3-6H3,(H,35,36). The summed E-state index contributed by atoms with van der Waals surface area (Å²) in [6.07, 6.45) is 2.83. The summed E-state index contributed by atoms with van der Waals surface area (Å²) in [5, 5.41) is 9.70. The van der Waals surface area contributed by atoms with E-state index in [1.165, 1.54) is 10.4 Å². The van der Waals surface area contributed by atoms with Gasteiger partial charge in [0.2, 0.25) is 0 Å². The van der Waals surface area contributed by atoms with E-state index < -0.39 is 8.32 Å². The Bertz CT molecular complexity index is 1320. The molecule has 1 unspecified atom stereocenters. The third kappa shape index (κ3) is 6.76. The van der Waals surface area contributed by atoms with Crippen LogP contribution in [0.3, 0.4) is 0 Å². The van der Waals surface area contributed by atoms with E-state index >= 15 is 0 Å². The lowest BCUT2D eigenvalue weighted by Gasteiger charge is -2.43. The summed E-state index contributed by atoms with van der Waals surface area (Å²) in [5.41, 5.74) is 2.98. The Morgan fingerprint density at radius 1 is 1.05 bits per heavy atom. The molecule has 1 aromatic heterocycles. The molecule has 4 rings (SSSR count). The first kappa shape index (κ1) is 31.4. The van der Waals surface area contributed by atoms with Crippen molar-refractivity contribution in [2.45, 2.75) is 84.3 Å². The highest BCUT2D eigenvalue weighted by Crippen LogP contribution is 2.37. The quantitative estimate of drug-likeness (QED) is 0.118. The number of fused-ring (bicyclic) bond motifs is 1. The molecular weight excluding hydrogens is 542 g/mol. The summed E-state index contributed by atoms with van der Waals surface area (Å²) < 4.78 is 12.4. The second kappa shape index (κ2) is 13.7. The first-order valence-corrected chi connectivity index (χ1v) is 16.9. The lowest BCUT2D eigenvalue weighted by atomic mass is 9.97. The molecule has 1 atom stereocenters. The van der Waals surface area contributed by atoms with Crippen molar-refractivity contribution in [1.82, 2.24) is 15.1 Å². The highest BCUT2D eigenvalue weighted by atomic mass is 28.4. The summed E-state index contributed by atoms with van der Waals surface area (Å²) in [4.78, 5) is 27.8. The minimum Gasteiger partial charge on any atom is -0.449 e. The van der Waals surface area contributed by atoms with Crippen molar-refractivity contribution in [2.24, 2.45) is 0 Å². The smallest absolute Gasteiger partial charge is 0.410 e. The Morgan fingerprint density at radius 3 is 2.24 bits per heavy atom. The van der Waals surface area contributed by atoms with Gasteiger partial charge in [0, 0.05) is 30.1 Å². The average Bonchev–Trinajstić information content (AvgIpc) is 3.39. The Balaban J connectivity index is 1.44. The first-order chi connectivity index (χ1) is 20.1. The number of unbranched alkanes of at least 4 members (excludes halogenated alkanes) is 1. The van der Waals surface area contributed by atoms with Gasteiger partial charge in [0.25, 0.3) is 8.32 Å². The van der Waals surface area contributed by atoms with Crippen LogP contribution in [0.4, 0.5) is 4.79 Å². The van der Waals surface area contributed by atoms with Crippen LogP contribution in [0, 0.1) is 0 Å². The van der Waals surface area contributed by atoms with Crippen LogP contribution in [0.2, 0.25) is 5.04 Å². The molecule has 0 fully saturated rings. The van der Waals surface area contributed by atoms with Crippen LogP contribution >= 0.6 is 0 Å². The Hall–Kier alpha value is -3.49. The Kier molecular flexibility index (Phi) is 10.2. The number of carbonyl (C=O) groups excluding carboxylic acids is 2. The molecule has 0 spiro atoms. The molecule has 1 amide bonds. The number of H-pyrrole nitrogens is 1. The highest BCUT2D eigenvalue weighted by molar-refractivity contribution is 6.99. The van der Waals surface area contributed by atoms with Crippen molar-refractivity contribution in [2.75, 3.05) is 13.2 Å². The lowest BCUT2D eigenvalue weighted by Crippen LogP contribution is -2.66. The van der Waals surface area contributed by atoms with Gasteiger partial charge >= 0.3 is 6.09 Å². The lowest BCUT2D eigenvalue weighted by molar-refractivity contribution is 0.0801. The summed E-state index contributed by atoms with van der Waals surface area (Å²) >= 11 is 0. The molecule has 8 heteroatoms. The molecule has 1 aliphatic heterocycles. The minimum atomic E-state index is -2.69. The van der Waals surface area contributed by atoms with Gasteiger partial charge in [-0.3, -0.25) is 9.89 Å². The van der Waals surface area contributed by atoms with Gasteiger partial charge in [-0.15, -0.1) is 0 Å². The molecule has 1 aliphatic rings. The van der Waals surface area contributed by atoms with Gasteiger partial charge < -0.3 is 14.1 Å². The van der Waals surface area contributed by atoms with E-state index in [4.69, 9.17) is 9.16 Å². The fourth-order valence-corrected chi connectivity index (χ4v) is 10.4. The molecule has 2 heterocycles. The highest BCUT2D eigenvalue weighted by Gasteiger charge is 2.50. The number of aromatic nitrogens is 2. The number of ether oxygens (including phenoxy) is 1. The molecule has 0 radical (unpaired) electrons. The first-order valence-electron chi connectivity index (χ1n) is 15.0. The van der Waals surface area contributed by atoms with Gasteiger partial charge in [-0.05, 0) is 35.2 Å². The predicted molar refractivity (Wildman–Crippen MR) is 170 cm³/mol. The normalized spacial score (nSPS) is 15.3. The summed E-state index contributed by atoms with van der Waals surface area (Å²) in [6.45, 7) is 16.2. The fraction of sp³-hybridized carbons (Fsp3) is 0.441. The summed E-state index contributed by atoms with van der Waals surface area (Å²) in [7, 11) is -2.69. The van der Waals surface area contributed by atoms with Crippen LogP contribution < -0.4 is 10.4 Å². The second-order valence-corrected chi connectivity index (χ2v) is 16.6. The van der Waals surface area contributed by atoms with Gasteiger partial charge in [0.1, 0.15) is 5.69 Å². The van der Waals surface area contributed by atoms with Crippen LogP contribution in [0.5, 0.6) is 0 Å². The Morgan fingerprint density at radius 2 is 1.67 bits per heavy atom. The molecule has 3 aromatic rings. The number of rotatable bonds is 12. The number of hydrogen-bond acceptors (Lipinski definition) is 5. The van der Waals surface area contributed by atoms with Crippen LogP contribution in [-0.2, 0) is 22.1 Å². The van der Waals surface area contributed by atoms with Crippen LogP contribution in [0.25, 0.3) is 0 Å². The zero-order valence-corrected chi connectivity index (χ0v) is 26.7. The number of carbonyl (C=O) groups is 2. The molecule has 0 bridgehead atoms. The predicted octanol–water partition coefficient (Wildman–Crippen LogP) is 6.19. The number of nitrogens with zero attached hydrogens (tertiary/aromatic N) is 2. The molecule has 0 saturated carbocycles. The number of benzene rings is 2. The second-order valence-electron chi connectivity index (χ2n) is 12.3. The molecule has 7 nitrogen and oxygen atoms in total. The molecule has 0 aliphatic carbocycles. The van der Waals surface area contributed by atoms with E-state index in [1.807, 2.05) is 19.1 Å². The van der Waals surface area contributed by atoms with Gasteiger partial charge in [0.15, 0.2) is 5.78 Å². The van der Waals surface area contributed by atoms with E-state index in [9.17, 15) is 9.59 Å². The fourth-order valence-electron chi connectivity index (χ4n) is 5.79. The maximum Gasteiger partial charge on any atom is 0.410 e. The van der Waals surface area contributed by atoms with Crippen molar-refractivity contribution < 1.29 is 18.8 Å². The molecular formula is C34H45N3O4Si. The van der Waals surface area contributed by atoms with Gasteiger partial charge in [-0.1, -0.05) is 107 Å². The van der Waals surface area contributed by atoms with Crippen LogP contribution in [0.1, 0.15) is 82.0 Å². The van der Waals surface area contributed by atoms with Gasteiger partial charge in [-0.25, -0.2) is 4.79 Å². The number of hydrogen-bond donors (Lipinski definition) is 1. The number of aromatic amines is 1. The van der Waals surface area contributed by atoms with E-state index in [2.05, 4.69) is 93.0 Å². The van der Waals surface area contributed by atoms with E-state index in [1.54, 1.807) is 4.90 Å². The van der Waals surface area contributed by atoms with Crippen molar-refractivity contribution in [3.8, 4) is 0 Å². The largest absolute Gasteiger partial charge is 0.449 e. The molecule has 0 saturated heterocycles. The van der Waals surface area contributed by atoms with E-state index in [0.29, 0.717) is 38.3 Å².